The lowest BCUT2D eigenvalue weighted by Gasteiger charge is -2.25. The highest BCUT2D eigenvalue weighted by Gasteiger charge is 2.61. The molecule has 1 aliphatic rings. The first-order chi connectivity index (χ1) is 12.6. The molecule has 4 atom stereocenters. The van der Waals surface area contributed by atoms with Gasteiger partial charge in [0.2, 0.25) is 6.29 Å². The molecule has 0 amide bonds. The van der Waals surface area contributed by atoms with Gasteiger partial charge in [-0.25, -0.2) is 4.79 Å². The van der Waals surface area contributed by atoms with Gasteiger partial charge in [-0.15, -0.1) is 0 Å². The topological polar surface area (TPSA) is 88.1 Å². The normalized spacial score (nSPS) is 24.9. The summed E-state index contributed by atoms with van der Waals surface area (Å²) in [5.41, 5.74) is 0.145. The number of halogens is 3. The van der Waals surface area contributed by atoms with Crippen molar-refractivity contribution in [3.63, 3.8) is 0 Å². The van der Waals surface area contributed by atoms with Crippen molar-refractivity contribution >= 4 is 17.9 Å². The van der Waals surface area contributed by atoms with E-state index in [1.807, 2.05) is 0 Å². The molecule has 0 aromatic heterocycles. The van der Waals surface area contributed by atoms with Crippen molar-refractivity contribution in [2.24, 2.45) is 5.92 Å². The quantitative estimate of drug-likeness (QED) is 0.563. The molecular weight excluding hydrogens is 373 g/mol. The number of ether oxygens (including phenoxy) is 4. The van der Waals surface area contributed by atoms with Crippen LogP contribution in [-0.4, -0.2) is 49.2 Å². The number of carbonyl (C=O) groups excluding carboxylic acids is 3. The predicted molar refractivity (Wildman–Crippen MR) is 82.3 cm³/mol. The molecule has 148 valence electrons. The first-order valence-electron chi connectivity index (χ1n) is 7.88. The molecule has 2 rings (SSSR count). The molecule has 0 spiro atoms. The number of carbonyl (C=O) groups is 3. The first-order valence-corrected chi connectivity index (χ1v) is 7.88. The molecule has 1 heterocycles. The monoisotopic (exact) mass is 390 g/mol. The first kappa shape index (κ1) is 20.7. The van der Waals surface area contributed by atoms with E-state index in [1.54, 1.807) is 18.2 Å². The van der Waals surface area contributed by atoms with Crippen molar-refractivity contribution in [1.82, 2.24) is 0 Å². The van der Waals surface area contributed by atoms with Gasteiger partial charge in [0, 0.05) is 13.8 Å². The third-order valence-corrected chi connectivity index (χ3v) is 3.68. The van der Waals surface area contributed by atoms with Crippen LogP contribution in [0.3, 0.4) is 0 Å². The van der Waals surface area contributed by atoms with E-state index >= 15 is 0 Å². The van der Waals surface area contributed by atoms with Crippen LogP contribution in [0.25, 0.3) is 0 Å². The maximum Gasteiger partial charge on any atom is 0.398 e. The van der Waals surface area contributed by atoms with E-state index in [0.29, 0.717) is 0 Å². The molecule has 1 fully saturated rings. The SMILES string of the molecule is CC(=O)O[C@@H]1O[C@H](COC(=O)c2ccccc2)[C@@H](C(F)(F)F)[C@H]1OC(C)=O. The van der Waals surface area contributed by atoms with Crippen molar-refractivity contribution in [3.8, 4) is 0 Å². The van der Waals surface area contributed by atoms with Crippen LogP contribution >= 0.6 is 0 Å². The Balaban J connectivity index is 2.18. The zero-order chi connectivity index (χ0) is 20.2. The fourth-order valence-corrected chi connectivity index (χ4v) is 2.65. The Hall–Kier alpha value is -2.62. The second kappa shape index (κ2) is 8.38. The Bertz CT molecular complexity index is 690. The molecule has 27 heavy (non-hydrogen) atoms. The maximum atomic E-state index is 13.5. The minimum absolute atomic E-state index is 0.145. The van der Waals surface area contributed by atoms with Crippen LogP contribution < -0.4 is 0 Å². The van der Waals surface area contributed by atoms with Crippen molar-refractivity contribution < 1.29 is 46.5 Å². The highest BCUT2D eigenvalue weighted by atomic mass is 19.4. The summed E-state index contributed by atoms with van der Waals surface area (Å²) in [4.78, 5) is 34.3. The third kappa shape index (κ3) is 5.43. The van der Waals surface area contributed by atoms with Gasteiger partial charge in [-0.05, 0) is 12.1 Å². The van der Waals surface area contributed by atoms with E-state index in [4.69, 9.17) is 14.2 Å². The lowest BCUT2D eigenvalue weighted by atomic mass is 9.98. The van der Waals surface area contributed by atoms with Gasteiger partial charge in [-0.3, -0.25) is 9.59 Å². The molecule has 10 heteroatoms. The van der Waals surface area contributed by atoms with E-state index in [9.17, 15) is 27.6 Å². The number of esters is 3. The largest absolute Gasteiger partial charge is 0.459 e. The minimum Gasteiger partial charge on any atom is -0.459 e. The zero-order valence-electron chi connectivity index (χ0n) is 14.4. The molecule has 1 aliphatic heterocycles. The number of hydrogen-bond acceptors (Lipinski definition) is 7. The number of hydrogen-bond donors (Lipinski definition) is 0. The van der Waals surface area contributed by atoms with Crippen LogP contribution in [-0.2, 0) is 28.5 Å². The van der Waals surface area contributed by atoms with Gasteiger partial charge in [0.15, 0.2) is 6.10 Å². The second-order valence-electron chi connectivity index (χ2n) is 5.76. The maximum absolute atomic E-state index is 13.5. The van der Waals surface area contributed by atoms with E-state index < -0.39 is 55.1 Å². The minimum atomic E-state index is -4.86. The Kier molecular flexibility index (Phi) is 6.42. The molecule has 1 aromatic carbocycles. The molecule has 0 unspecified atom stereocenters. The van der Waals surface area contributed by atoms with Crippen LogP contribution in [0.15, 0.2) is 30.3 Å². The molecular formula is C17H17F3O7. The molecule has 1 aromatic rings. The lowest BCUT2D eigenvalue weighted by Crippen LogP contribution is -2.43. The number of benzene rings is 1. The summed E-state index contributed by atoms with van der Waals surface area (Å²) in [6.45, 7) is 1.12. The van der Waals surface area contributed by atoms with Crippen molar-refractivity contribution in [3.05, 3.63) is 35.9 Å². The number of rotatable bonds is 5. The van der Waals surface area contributed by atoms with E-state index in [-0.39, 0.29) is 5.56 Å². The average Bonchev–Trinajstić information content (AvgIpc) is 2.89. The highest BCUT2D eigenvalue weighted by molar-refractivity contribution is 5.89. The zero-order valence-corrected chi connectivity index (χ0v) is 14.4. The smallest absolute Gasteiger partial charge is 0.398 e. The van der Waals surface area contributed by atoms with Crippen LogP contribution in [0.2, 0.25) is 0 Å². The standard InChI is InChI=1S/C17H17F3O7/c1-9(21)25-14-13(17(18,19)20)12(27-16(14)26-10(2)22)8-24-15(23)11-6-4-3-5-7-11/h3-7,12-14,16H,8H2,1-2H3/t12-,13-,14-,16-/m1/s1. The van der Waals surface area contributed by atoms with Gasteiger partial charge >= 0.3 is 24.1 Å². The van der Waals surface area contributed by atoms with Crippen LogP contribution in [0.5, 0.6) is 0 Å². The predicted octanol–water partition coefficient (Wildman–Crippen LogP) is 2.24. The van der Waals surface area contributed by atoms with Gasteiger partial charge in [0.1, 0.15) is 18.6 Å². The number of alkyl halides is 3. The van der Waals surface area contributed by atoms with Crippen LogP contribution in [0, 0.1) is 5.92 Å². The second-order valence-corrected chi connectivity index (χ2v) is 5.76. The van der Waals surface area contributed by atoms with Gasteiger partial charge in [0.05, 0.1) is 5.56 Å². The molecule has 1 saturated heterocycles. The van der Waals surface area contributed by atoms with E-state index in [1.165, 1.54) is 12.1 Å². The molecule has 7 nitrogen and oxygen atoms in total. The average molecular weight is 390 g/mol. The van der Waals surface area contributed by atoms with Crippen molar-refractivity contribution in [1.29, 1.82) is 0 Å². The molecule has 0 N–H and O–H groups in total. The molecule has 0 radical (unpaired) electrons. The third-order valence-electron chi connectivity index (χ3n) is 3.68. The summed E-state index contributed by atoms with van der Waals surface area (Å²) in [6, 6.07) is 7.65. The molecule has 0 saturated carbocycles. The molecule has 0 bridgehead atoms. The fourth-order valence-electron chi connectivity index (χ4n) is 2.65. The van der Waals surface area contributed by atoms with Crippen molar-refractivity contribution in [2.75, 3.05) is 6.61 Å². The van der Waals surface area contributed by atoms with Gasteiger partial charge < -0.3 is 18.9 Å². The van der Waals surface area contributed by atoms with Crippen molar-refractivity contribution in [2.45, 2.75) is 38.5 Å². The lowest BCUT2D eigenvalue weighted by molar-refractivity contribution is -0.214. The Morgan fingerprint density at radius 2 is 1.63 bits per heavy atom. The highest BCUT2D eigenvalue weighted by Crippen LogP contribution is 2.42. The summed E-state index contributed by atoms with van der Waals surface area (Å²) in [6.07, 6.45) is -10.3. The van der Waals surface area contributed by atoms with E-state index in [0.717, 1.165) is 13.8 Å². The fraction of sp³-hybridized carbons (Fsp3) is 0.471. The Labute approximate surface area is 152 Å². The summed E-state index contributed by atoms with van der Waals surface area (Å²) in [5.74, 6) is -5.11. The van der Waals surface area contributed by atoms with Crippen LogP contribution in [0.1, 0.15) is 24.2 Å². The summed E-state index contributed by atoms with van der Waals surface area (Å²) in [5, 5.41) is 0. The van der Waals surface area contributed by atoms with E-state index in [2.05, 4.69) is 4.74 Å². The van der Waals surface area contributed by atoms with Gasteiger partial charge in [0.25, 0.3) is 0 Å². The summed E-state index contributed by atoms with van der Waals surface area (Å²) >= 11 is 0. The summed E-state index contributed by atoms with van der Waals surface area (Å²) < 4.78 is 59.9. The molecule has 0 aliphatic carbocycles. The summed E-state index contributed by atoms with van der Waals surface area (Å²) in [7, 11) is 0. The van der Waals surface area contributed by atoms with Crippen LogP contribution in [0.4, 0.5) is 13.2 Å². The Morgan fingerprint density at radius 1 is 1.04 bits per heavy atom. The Morgan fingerprint density at radius 3 is 2.15 bits per heavy atom. The van der Waals surface area contributed by atoms with Gasteiger partial charge in [-0.1, -0.05) is 18.2 Å². The van der Waals surface area contributed by atoms with Gasteiger partial charge in [-0.2, -0.15) is 13.2 Å².